The summed E-state index contributed by atoms with van der Waals surface area (Å²) < 4.78 is 0. The van der Waals surface area contributed by atoms with Gasteiger partial charge in [-0.15, -0.1) is 0 Å². The smallest absolute Gasteiger partial charge is 0.193 e. The van der Waals surface area contributed by atoms with Crippen molar-refractivity contribution in [3.8, 4) is 0 Å². The molecule has 0 heterocycles. The summed E-state index contributed by atoms with van der Waals surface area (Å²) in [5.74, 6) is 0.467. The highest BCUT2D eigenvalue weighted by Gasteiger charge is 2.14. The molecule has 0 fully saturated rings. The molecule has 1 nitrogen and oxygen atoms in total. The van der Waals surface area contributed by atoms with Gasteiger partial charge < -0.3 is 0 Å². The maximum Gasteiger partial charge on any atom is 0.193 e. The lowest BCUT2D eigenvalue weighted by atomic mass is 9.92. The van der Waals surface area contributed by atoms with Crippen molar-refractivity contribution < 1.29 is 4.79 Å². The number of carbonyl (C=O) groups is 1. The van der Waals surface area contributed by atoms with Crippen LogP contribution in [0.5, 0.6) is 0 Å². The zero-order chi connectivity index (χ0) is 13.1. The van der Waals surface area contributed by atoms with Crippen LogP contribution in [0.4, 0.5) is 0 Å². The first kappa shape index (κ1) is 12.6. The minimum Gasteiger partial charge on any atom is -0.289 e. The fourth-order valence-electron chi connectivity index (χ4n) is 2.07. The van der Waals surface area contributed by atoms with E-state index in [1.54, 1.807) is 0 Å². The number of hydrogen-bond donors (Lipinski definition) is 0. The van der Waals surface area contributed by atoms with Crippen LogP contribution in [0.2, 0.25) is 0 Å². The first-order valence-corrected chi connectivity index (χ1v) is 6.30. The Balaban J connectivity index is 2.43. The van der Waals surface area contributed by atoms with Gasteiger partial charge in [-0.25, -0.2) is 0 Å². The van der Waals surface area contributed by atoms with E-state index in [0.717, 1.165) is 16.7 Å². The second kappa shape index (κ2) is 5.18. The third-order valence-corrected chi connectivity index (χ3v) is 3.14. The molecule has 2 rings (SSSR count). The summed E-state index contributed by atoms with van der Waals surface area (Å²) in [6.45, 7) is 6.25. The second-order valence-electron chi connectivity index (χ2n) is 4.94. The fourth-order valence-corrected chi connectivity index (χ4v) is 2.07. The summed E-state index contributed by atoms with van der Waals surface area (Å²) in [4.78, 5) is 12.5. The molecule has 0 saturated heterocycles. The molecule has 0 saturated carbocycles. The number of hydrogen-bond acceptors (Lipinski definition) is 1. The van der Waals surface area contributed by atoms with Gasteiger partial charge in [0.1, 0.15) is 0 Å². The largest absolute Gasteiger partial charge is 0.289 e. The van der Waals surface area contributed by atoms with E-state index in [2.05, 4.69) is 13.8 Å². The van der Waals surface area contributed by atoms with Crippen molar-refractivity contribution >= 4 is 5.78 Å². The van der Waals surface area contributed by atoms with Crippen LogP contribution >= 0.6 is 0 Å². The highest BCUT2D eigenvalue weighted by atomic mass is 16.1. The van der Waals surface area contributed by atoms with E-state index in [4.69, 9.17) is 0 Å². The van der Waals surface area contributed by atoms with Crippen molar-refractivity contribution in [3.63, 3.8) is 0 Å². The van der Waals surface area contributed by atoms with Crippen LogP contribution in [0.1, 0.15) is 46.8 Å². The van der Waals surface area contributed by atoms with Crippen LogP contribution in [-0.2, 0) is 0 Å². The molecule has 0 radical (unpaired) electrons. The number of aryl methyl sites for hydroxylation is 1. The topological polar surface area (TPSA) is 17.1 Å². The molecule has 18 heavy (non-hydrogen) atoms. The average molecular weight is 238 g/mol. The van der Waals surface area contributed by atoms with Crippen LogP contribution in [0.15, 0.2) is 48.5 Å². The molecule has 2 aromatic carbocycles. The van der Waals surface area contributed by atoms with Gasteiger partial charge in [-0.1, -0.05) is 67.9 Å². The van der Waals surface area contributed by atoms with Crippen molar-refractivity contribution in [1.82, 2.24) is 0 Å². The van der Waals surface area contributed by atoms with Gasteiger partial charge in [-0.2, -0.15) is 0 Å². The Kier molecular flexibility index (Phi) is 3.61. The number of carbonyl (C=O) groups excluding carboxylic acids is 1. The normalized spacial score (nSPS) is 10.7. The molecule has 0 unspecified atom stereocenters. The third kappa shape index (κ3) is 2.51. The van der Waals surface area contributed by atoms with Crippen molar-refractivity contribution in [3.05, 3.63) is 70.8 Å². The molecular weight excluding hydrogens is 220 g/mol. The zero-order valence-electron chi connectivity index (χ0n) is 11.1. The molecule has 0 aliphatic heterocycles. The molecule has 92 valence electrons. The zero-order valence-corrected chi connectivity index (χ0v) is 11.1. The van der Waals surface area contributed by atoms with Crippen LogP contribution in [-0.4, -0.2) is 5.78 Å². The van der Waals surface area contributed by atoms with Gasteiger partial charge in [-0.05, 0) is 18.4 Å². The van der Waals surface area contributed by atoms with E-state index >= 15 is 0 Å². The molecule has 0 aromatic heterocycles. The van der Waals surface area contributed by atoms with Crippen LogP contribution in [0, 0.1) is 6.92 Å². The number of benzene rings is 2. The summed E-state index contributed by atoms with van der Waals surface area (Å²) in [7, 11) is 0. The van der Waals surface area contributed by atoms with Crippen molar-refractivity contribution in [2.45, 2.75) is 26.7 Å². The Morgan fingerprint density at radius 3 is 2.17 bits per heavy atom. The molecule has 0 N–H and O–H groups in total. The van der Waals surface area contributed by atoms with Crippen molar-refractivity contribution in [1.29, 1.82) is 0 Å². The van der Waals surface area contributed by atoms with E-state index < -0.39 is 0 Å². The van der Waals surface area contributed by atoms with Crippen LogP contribution in [0.25, 0.3) is 0 Å². The van der Waals surface area contributed by atoms with Crippen LogP contribution < -0.4 is 0 Å². The van der Waals surface area contributed by atoms with Crippen molar-refractivity contribution in [2.24, 2.45) is 0 Å². The Morgan fingerprint density at radius 2 is 1.56 bits per heavy atom. The maximum atomic E-state index is 12.5. The predicted octanol–water partition coefficient (Wildman–Crippen LogP) is 4.35. The lowest BCUT2D eigenvalue weighted by Gasteiger charge is -2.11. The van der Waals surface area contributed by atoms with Gasteiger partial charge in [0.2, 0.25) is 0 Å². The van der Waals surface area contributed by atoms with E-state index in [-0.39, 0.29) is 5.78 Å². The summed E-state index contributed by atoms with van der Waals surface area (Å²) in [5.41, 5.74) is 3.86. The maximum absolute atomic E-state index is 12.5. The molecule has 1 heteroatoms. The summed E-state index contributed by atoms with van der Waals surface area (Å²) in [6, 6.07) is 15.6. The first-order valence-electron chi connectivity index (χ1n) is 6.30. The van der Waals surface area contributed by atoms with Gasteiger partial charge in [0, 0.05) is 11.1 Å². The minimum atomic E-state index is 0.110. The van der Waals surface area contributed by atoms with Gasteiger partial charge >= 0.3 is 0 Å². The molecule has 0 amide bonds. The van der Waals surface area contributed by atoms with Gasteiger partial charge in [0.25, 0.3) is 0 Å². The lowest BCUT2D eigenvalue weighted by Crippen LogP contribution is -2.06. The highest BCUT2D eigenvalue weighted by Crippen LogP contribution is 2.22. The van der Waals surface area contributed by atoms with Crippen molar-refractivity contribution in [2.75, 3.05) is 0 Å². The van der Waals surface area contributed by atoms with E-state index in [0.29, 0.717) is 5.92 Å². The predicted molar refractivity (Wildman–Crippen MR) is 75.1 cm³/mol. The summed E-state index contributed by atoms with van der Waals surface area (Å²) in [6.07, 6.45) is 0. The minimum absolute atomic E-state index is 0.110. The van der Waals surface area contributed by atoms with Gasteiger partial charge in [0.15, 0.2) is 5.78 Å². The Morgan fingerprint density at radius 1 is 0.944 bits per heavy atom. The fraction of sp³-hybridized carbons (Fsp3) is 0.235. The molecule has 0 aliphatic rings. The Bertz CT molecular complexity index is 550. The molecule has 0 bridgehead atoms. The summed E-state index contributed by atoms with van der Waals surface area (Å²) >= 11 is 0. The average Bonchev–Trinajstić information content (AvgIpc) is 2.39. The van der Waals surface area contributed by atoms with Crippen LogP contribution in [0.3, 0.4) is 0 Å². The van der Waals surface area contributed by atoms with Gasteiger partial charge in [-0.3, -0.25) is 4.79 Å². The van der Waals surface area contributed by atoms with E-state index in [1.165, 1.54) is 5.56 Å². The van der Waals surface area contributed by atoms with Gasteiger partial charge in [0.05, 0.1) is 0 Å². The quantitative estimate of drug-likeness (QED) is 0.726. The van der Waals surface area contributed by atoms with E-state index in [9.17, 15) is 4.79 Å². The Labute approximate surface area is 108 Å². The number of ketones is 1. The monoisotopic (exact) mass is 238 g/mol. The SMILES string of the molecule is Cc1ccc(C(=O)c2ccccc2C(C)C)cc1. The summed E-state index contributed by atoms with van der Waals surface area (Å²) in [5, 5.41) is 0. The van der Waals surface area contributed by atoms with E-state index in [1.807, 2.05) is 55.5 Å². The molecule has 2 aromatic rings. The molecule has 0 atom stereocenters. The molecule has 0 spiro atoms. The standard InChI is InChI=1S/C17H18O/c1-12(2)15-6-4-5-7-16(15)17(18)14-10-8-13(3)9-11-14/h4-12H,1-3H3. The lowest BCUT2D eigenvalue weighted by molar-refractivity contribution is 0.103. The Hall–Kier alpha value is -1.89. The first-order chi connectivity index (χ1) is 8.59. The molecular formula is C17H18O. The third-order valence-electron chi connectivity index (χ3n) is 3.14. The molecule has 0 aliphatic carbocycles. The highest BCUT2D eigenvalue weighted by molar-refractivity contribution is 6.10. The second-order valence-corrected chi connectivity index (χ2v) is 4.94. The number of rotatable bonds is 3.